The molecule has 0 fully saturated rings. The fourth-order valence-corrected chi connectivity index (χ4v) is 3.81. The molecule has 0 saturated heterocycles. The lowest BCUT2D eigenvalue weighted by Crippen LogP contribution is -2.37. The van der Waals surface area contributed by atoms with Crippen molar-refractivity contribution in [3.63, 3.8) is 0 Å². The number of amides is 2. The van der Waals surface area contributed by atoms with Crippen molar-refractivity contribution in [2.75, 3.05) is 19.0 Å². The minimum absolute atomic E-state index is 0.0395. The van der Waals surface area contributed by atoms with E-state index in [1.54, 1.807) is 24.3 Å². The number of methoxy groups -OCH3 is 1. The zero-order chi connectivity index (χ0) is 22.5. The number of fused-ring (bicyclic) bond motifs is 1. The highest BCUT2D eigenvalue weighted by atomic mass is 16.5. The van der Waals surface area contributed by atoms with Crippen molar-refractivity contribution in [2.24, 2.45) is 5.92 Å². The van der Waals surface area contributed by atoms with Gasteiger partial charge in [0.2, 0.25) is 5.91 Å². The minimum Gasteiger partial charge on any atom is -0.496 e. The number of para-hydroxylation sites is 1. The third-order valence-electron chi connectivity index (χ3n) is 5.66. The molecule has 32 heavy (non-hydrogen) atoms. The van der Waals surface area contributed by atoms with E-state index in [4.69, 9.17) is 9.47 Å². The van der Waals surface area contributed by atoms with Crippen LogP contribution in [0.15, 0.2) is 66.7 Å². The molecule has 1 unspecified atom stereocenters. The molecular formula is C26H26N2O4. The molecule has 1 aliphatic heterocycles. The van der Waals surface area contributed by atoms with Gasteiger partial charge in [-0.05, 0) is 60.4 Å². The van der Waals surface area contributed by atoms with E-state index in [2.05, 4.69) is 10.6 Å². The van der Waals surface area contributed by atoms with E-state index in [-0.39, 0.29) is 17.7 Å². The lowest BCUT2D eigenvalue weighted by Gasteiger charge is -2.25. The second kappa shape index (κ2) is 9.56. The molecule has 0 saturated carbocycles. The topological polar surface area (TPSA) is 76.7 Å². The summed E-state index contributed by atoms with van der Waals surface area (Å²) < 4.78 is 11.1. The molecule has 3 aromatic rings. The van der Waals surface area contributed by atoms with Gasteiger partial charge in [-0.3, -0.25) is 9.59 Å². The molecule has 0 spiro atoms. The highest BCUT2D eigenvalue weighted by Crippen LogP contribution is 2.30. The van der Waals surface area contributed by atoms with Crippen LogP contribution in [0.1, 0.15) is 27.0 Å². The van der Waals surface area contributed by atoms with Gasteiger partial charge in [0.05, 0.1) is 18.6 Å². The number of hydrogen-bond acceptors (Lipinski definition) is 4. The van der Waals surface area contributed by atoms with Crippen LogP contribution in [-0.2, 0) is 17.8 Å². The Morgan fingerprint density at radius 1 is 1.06 bits per heavy atom. The number of rotatable bonds is 6. The van der Waals surface area contributed by atoms with E-state index in [1.165, 1.54) is 7.11 Å². The molecule has 1 aliphatic rings. The Kier molecular flexibility index (Phi) is 6.40. The molecule has 1 atom stereocenters. The zero-order valence-electron chi connectivity index (χ0n) is 18.2. The van der Waals surface area contributed by atoms with Crippen LogP contribution in [0.2, 0.25) is 0 Å². The first-order chi connectivity index (χ1) is 15.5. The van der Waals surface area contributed by atoms with Crippen molar-refractivity contribution in [2.45, 2.75) is 19.9 Å². The third kappa shape index (κ3) is 4.75. The maximum absolute atomic E-state index is 12.7. The van der Waals surface area contributed by atoms with Gasteiger partial charge < -0.3 is 20.1 Å². The number of aryl methyl sites for hydroxylation is 1. The van der Waals surface area contributed by atoms with Gasteiger partial charge in [0.15, 0.2) is 0 Å². The summed E-state index contributed by atoms with van der Waals surface area (Å²) in [4.78, 5) is 25.4. The molecule has 1 heterocycles. The summed E-state index contributed by atoms with van der Waals surface area (Å²) in [7, 11) is 1.53. The van der Waals surface area contributed by atoms with E-state index in [1.807, 2.05) is 49.4 Å². The lowest BCUT2D eigenvalue weighted by molar-refractivity contribution is -0.126. The monoisotopic (exact) mass is 430 g/mol. The zero-order valence-corrected chi connectivity index (χ0v) is 18.2. The summed E-state index contributed by atoms with van der Waals surface area (Å²) in [5.74, 6) is 0.667. The van der Waals surface area contributed by atoms with Crippen LogP contribution in [0.5, 0.6) is 11.5 Å². The Morgan fingerprint density at radius 3 is 2.66 bits per heavy atom. The number of carbonyl (C=O) groups is 2. The molecule has 0 radical (unpaired) electrons. The van der Waals surface area contributed by atoms with Crippen LogP contribution in [0, 0.1) is 12.8 Å². The van der Waals surface area contributed by atoms with Crippen LogP contribution in [0.4, 0.5) is 5.69 Å². The van der Waals surface area contributed by atoms with Gasteiger partial charge in [-0.1, -0.05) is 36.4 Å². The molecule has 2 amide bonds. The van der Waals surface area contributed by atoms with Crippen molar-refractivity contribution < 1.29 is 19.1 Å². The van der Waals surface area contributed by atoms with Gasteiger partial charge in [0, 0.05) is 12.2 Å². The quantitative estimate of drug-likeness (QED) is 0.617. The van der Waals surface area contributed by atoms with E-state index < -0.39 is 0 Å². The predicted octanol–water partition coefficient (Wildman–Crippen LogP) is 4.12. The van der Waals surface area contributed by atoms with Crippen LogP contribution >= 0.6 is 0 Å². The van der Waals surface area contributed by atoms with Crippen LogP contribution in [-0.4, -0.2) is 25.5 Å². The van der Waals surface area contributed by atoms with Crippen LogP contribution in [0.25, 0.3) is 0 Å². The Bertz CT molecular complexity index is 1140. The molecule has 0 bridgehead atoms. The van der Waals surface area contributed by atoms with E-state index >= 15 is 0 Å². The fraction of sp³-hybridized carbons (Fsp3) is 0.231. The van der Waals surface area contributed by atoms with Gasteiger partial charge in [0.25, 0.3) is 5.91 Å². The molecule has 6 nitrogen and oxygen atoms in total. The summed E-state index contributed by atoms with van der Waals surface area (Å²) in [6.07, 6.45) is 0.549. The summed E-state index contributed by atoms with van der Waals surface area (Å²) in [5, 5.41) is 5.92. The summed E-state index contributed by atoms with van der Waals surface area (Å²) >= 11 is 0. The number of anilines is 1. The maximum atomic E-state index is 12.7. The lowest BCUT2D eigenvalue weighted by atomic mass is 9.95. The number of nitrogens with one attached hydrogen (secondary N) is 2. The Morgan fingerprint density at radius 2 is 1.84 bits per heavy atom. The van der Waals surface area contributed by atoms with Gasteiger partial charge >= 0.3 is 0 Å². The minimum atomic E-state index is -0.285. The van der Waals surface area contributed by atoms with E-state index in [0.717, 1.165) is 22.4 Å². The normalized spacial score (nSPS) is 14.6. The first-order valence-corrected chi connectivity index (χ1v) is 10.6. The molecular weight excluding hydrogens is 404 g/mol. The average molecular weight is 431 g/mol. The van der Waals surface area contributed by atoms with Gasteiger partial charge in [0.1, 0.15) is 18.1 Å². The highest BCUT2D eigenvalue weighted by molar-refractivity contribution is 6.06. The molecule has 2 N–H and O–H groups in total. The largest absolute Gasteiger partial charge is 0.496 e. The maximum Gasteiger partial charge on any atom is 0.259 e. The average Bonchev–Trinajstić information content (AvgIpc) is 2.82. The van der Waals surface area contributed by atoms with Crippen molar-refractivity contribution in [1.29, 1.82) is 0 Å². The molecule has 6 heteroatoms. The van der Waals surface area contributed by atoms with Crippen molar-refractivity contribution in [3.05, 3.63) is 89.0 Å². The molecule has 3 aromatic carbocycles. The Labute approximate surface area is 187 Å². The SMILES string of the molecule is COc1ccccc1C(=O)Nc1ccc2c(c1)CC(C(=O)NCc1ccccc1C)CO2. The fourth-order valence-electron chi connectivity index (χ4n) is 3.81. The second-order valence-electron chi connectivity index (χ2n) is 7.83. The summed E-state index contributed by atoms with van der Waals surface area (Å²) in [6.45, 7) is 2.85. The molecule has 0 aliphatic carbocycles. The molecule has 4 rings (SSSR count). The van der Waals surface area contributed by atoms with Crippen molar-refractivity contribution in [1.82, 2.24) is 5.32 Å². The Balaban J connectivity index is 1.42. The number of ether oxygens (including phenoxy) is 2. The van der Waals surface area contributed by atoms with Crippen LogP contribution < -0.4 is 20.1 Å². The number of benzene rings is 3. The van der Waals surface area contributed by atoms with Gasteiger partial charge in [-0.25, -0.2) is 0 Å². The number of hydrogen-bond donors (Lipinski definition) is 2. The second-order valence-corrected chi connectivity index (χ2v) is 7.83. The molecule has 164 valence electrons. The van der Waals surface area contributed by atoms with E-state index in [9.17, 15) is 9.59 Å². The first-order valence-electron chi connectivity index (χ1n) is 10.6. The Hall–Kier alpha value is -3.80. The van der Waals surface area contributed by atoms with Crippen molar-refractivity contribution >= 4 is 17.5 Å². The summed E-state index contributed by atoms with van der Waals surface area (Å²) in [6, 6.07) is 20.5. The predicted molar refractivity (Wildman–Crippen MR) is 123 cm³/mol. The third-order valence-corrected chi connectivity index (χ3v) is 5.66. The van der Waals surface area contributed by atoms with E-state index in [0.29, 0.717) is 36.6 Å². The summed E-state index contributed by atoms with van der Waals surface area (Å²) in [5.41, 5.74) is 4.24. The standard InChI is InChI=1S/C26H26N2O4/c1-17-7-3-4-8-18(17)15-27-25(29)20-13-19-14-21(11-12-23(19)32-16-20)28-26(30)22-9-5-6-10-24(22)31-2/h3-12,14,20H,13,15-16H2,1-2H3,(H,27,29)(H,28,30). The highest BCUT2D eigenvalue weighted by Gasteiger charge is 2.26. The van der Waals surface area contributed by atoms with Crippen molar-refractivity contribution in [3.8, 4) is 11.5 Å². The van der Waals surface area contributed by atoms with Gasteiger partial charge in [-0.15, -0.1) is 0 Å². The molecule has 0 aromatic heterocycles. The first kappa shape index (κ1) is 21.4. The van der Waals surface area contributed by atoms with Gasteiger partial charge in [-0.2, -0.15) is 0 Å². The van der Waals surface area contributed by atoms with Crippen LogP contribution in [0.3, 0.4) is 0 Å². The smallest absolute Gasteiger partial charge is 0.259 e. The number of carbonyl (C=O) groups excluding carboxylic acids is 2.